The van der Waals surface area contributed by atoms with Crippen molar-refractivity contribution < 1.29 is 18.8 Å². The number of rotatable bonds is 9. The molecule has 37 heavy (non-hydrogen) atoms. The minimum atomic E-state index is -0.954. The van der Waals surface area contributed by atoms with Gasteiger partial charge in [0.05, 0.1) is 12.8 Å². The number of hydrogen-bond acceptors (Lipinski definition) is 4. The van der Waals surface area contributed by atoms with Crippen molar-refractivity contribution in [1.29, 1.82) is 0 Å². The van der Waals surface area contributed by atoms with Crippen LogP contribution in [0.15, 0.2) is 71.3 Å². The van der Waals surface area contributed by atoms with Gasteiger partial charge in [-0.25, -0.2) is 0 Å². The zero-order valence-corrected chi connectivity index (χ0v) is 22.6. The quantitative estimate of drug-likeness (QED) is 0.389. The number of nitrogens with zero attached hydrogens (tertiary/aromatic N) is 1. The highest BCUT2D eigenvalue weighted by Crippen LogP contribution is 2.28. The third-order valence-electron chi connectivity index (χ3n) is 5.74. The van der Waals surface area contributed by atoms with Gasteiger partial charge in [0.2, 0.25) is 11.8 Å². The summed E-state index contributed by atoms with van der Waals surface area (Å²) in [7, 11) is 0. The first-order valence-corrected chi connectivity index (χ1v) is 12.6. The second-order valence-corrected chi connectivity index (χ2v) is 10.6. The topological polar surface area (TPSA) is 91.7 Å². The molecule has 2 N–H and O–H groups in total. The SMILES string of the molecule is CC(C)c1ccc([C@H](C(=O)NC(C)(C)C)N(Cc2ccccc2Cl)C(=O)CNC(=O)c2ccco2)cc1. The lowest BCUT2D eigenvalue weighted by atomic mass is 9.96. The molecule has 0 saturated heterocycles. The summed E-state index contributed by atoms with van der Waals surface area (Å²) in [5.74, 6) is -0.886. The largest absolute Gasteiger partial charge is 0.459 e. The minimum absolute atomic E-state index is 0.0727. The first-order chi connectivity index (χ1) is 17.5. The summed E-state index contributed by atoms with van der Waals surface area (Å²) >= 11 is 6.44. The first kappa shape index (κ1) is 28.0. The maximum Gasteiger partial charge on any atom is 0.287 e. The number of carbonyl (C=O) groups is 3. The second kappa shape index (κ2) is 12.1. The van der Waals surface area contributed by atoms with E-state index in [1.54, 1.807) is 18.2 Å². The first-order valence-electron chi connectivity index (χ1n) is 12.2. The Labute approximate surface area is 223 Å². The van der Waals surface area contributed by atoms with Gasteiger partial charge in [0, 0.05) is 17.1 Å². The average molecular weight is 524 g/mol. The van der Waals surface area contributed by atoms with E-state index in [9.17, 15) is 14.4 Å². The van der Waals surface area contributed by atoms with Crippen LogP contribution in [0.1, 0.15) is 73.8 Å². The van der Waals surface area contributed by atoms with Crippen molar-refractivity contribution in [3.63, 3.8) is 0 Å². The standard InChI is InChI=1S/C29H34ClN3O4/c1-19(2)20-12-14-21(15-13-20)26(28(36)32-29(3,4)5)33(18-22-9-6-7-10-23(22)30)25(34)17-31-27(35)24-11-8-16-37-24/h6-16,19,26H,17-18H2,1-5H3,(H,31,35)(H,32,36)/t26-/m1/s1. The number of carbonyl (C=O) groups excluding carboxylic acids is 3. The lowest BCUT2D eigenvalue weighted by Gasteiger charge is -2.34. The zero-order chi connectivity index (χ0) is 27.2. The van der Waals surface area contributed by atoms with Gasteiger partial charge in [-0.3, -0.25) is 14.4 Å². The molecule has 2 aromatic carbocycles. The average Bonchev–Trinajstić information content (AvgIpc) is 3.37. The van der Waals surface area contributed by atoms with Crippen molar-refractivity contribution >= 4 is 29.3 Å². The number of halogens is 1. The van der Waals surface area contributed by atoms with E-state index in [2.05, 4.69) is 24.5 Å². The molecular weight excluding hydrogens is 490 g/mol. The van der Waals surface area contributed by atoms with Crippen LogP contribution in [0.4, 0.5) is 0 Å². The van der Waals surface area contributed by atoms with Gasteiger partial charge in [0.15, 0.2) is 5.76 Å². The number of hydrogen-bond donors (Lipinski definition) is 2. The Hall–Kier alpha value is -3.58. The van der Waals surface area contributed by atoms with Crippen molar-refractivity contribution in [2.75, 3.05) is 6.54 Å². The second-order valence-electron chi connectivity index (χ2n) is 10.2. The van der Waals surface area contributed by atoms with Crippen LogP contribution in [0.5, 0.6) is 0 Å². The summed E-state index contributed by atoms with van der Waals surface area (Å²) in [5.41, 5.74) is 1.93. The summed E-state index contributed by atoms with van der Waals surface area (Å²) in [4.78, 5) is 41.2. The Balaban J connectivity index is 2.00. The summed E-state index contributed by atoms with van der Waals surface area (Å²) < 4.78 is 5.12. The molecule has 196 valence electrons. The van der Waals surface area contributed by atoms with E-state index < -0.39 is 23.4 Å². The van der Waals surface area contributed by atoms with E-state index >= 15 is 0 Å². The Morgan fingerprint density at radius 1 is 0.946 bits per heavy atom. The predicted molar refractivity (Wildman–Crippen MR) is 144 cm³/mol. The van der Waals surface area contributed by atoms with Crippen molar-refractivity contribution in [3.05, 3.63) is 94.4 Å². The maximum absolute atomic E-state index is 13.7. The molecule has 3 amide bonds. The van der Waals surface area contributed by atoms with E-state index in [1.807, 2.05) is 57.2 Å². The Bertz CT molecular complexity index is 1210. The smallest absolute Gasteiger partial charge is 0.287 e. The molecule has 1 atom stereocenters. The van der Waals surface area contributed by atoms with Crippen LogP contribution >= 0.6 is 11.6 Å². The molecule has 7 nitrogen and oxygen atoms in total. The molecule has 0 aliphatic carbocycles. The van der Waals surface area contributed by atoms with Crippen LogP contribution in [-0.4, -0.2) is 34.7 Å². The molecule has 0 unspecified atom stereocenters. The normalized spacial score (nSPS) is 12.2. The Kier molecular flexibility index (Phi) is 9.16. The number of amides is 3. The molecule has 1 aromatic heterocycles. The Morgan fingerprint density at radius 3 is 2.16 bits per heavy atom. The molecule has 0 bridgehead atoms. The highest BCUT2D eigenvalue weighted by Gasteiger charge is 2.34. The molecule has 3 aromatic rings. The van der Waals surface area contributed by atoms with Gasteiger partial charge in [0.1, 0.15) is 6.04 Å². The van der Waals surface area contributed by atoms with E-state index in [4.69, 9.17) is 16.0 Å². The molecule has 0 aliphatic rings. The van der Waals surface area contributed by atoms with E-state index in [1.165, 1.54) is 17.2 Å². The van der Waals surface area contributed by atoms with Crippen molar-refractivity contribution in [2.24, 2.45) is 0 Å². The Morgan fingerprint density at radius 2 is 1.59 bits per heavy atom. The van der Waals surface area contributed by atoms with Gasteiger partial charge < -0.3 is 20.0 Å². The molecule has 3 rings (SSSR count). The fourth-order valence-corrected chi connectivity index (χ4v) is 4.06. The molecule has 0 aliphatic heterocycles. The van der Waals surface area contributed by atoms with Crippen molar-refractivity contribution in [2.45, 2.75) is 58.7 Å². The van der Waals surface area contributed by atoms with Gasteiger partial charge in [-0.1, -0.05) is 67.9 Å². The van der Waals surface area contributed by atoms with Gasteiger partial charge in [-0.15, -0.1) is 0 Å². The molecule has 0 spiro atoms. The van der Waals surface area contributed by atoms with E-state index in [-0.39, 0.29) is 24.8 Å². The van der Waals surface area contributed by atoms with Crippen molar-refractivity contribution in [3.8, 4) is 0 Å². The van der Waals surface area contributed by atoms with Crippen LogP contribution in [0, 0.1) is 0 Å². The molecule has 0 fully saturated rings. The number of nitrogens with one attached hydrogen (secondary N) is 2. The molecular formula is C29H34ClN3O4. The summed E-state index contributed by atoms with van der Waals surface area (Å²) in [5, 5.41) is 6.08. The van der Waals surface area contributed by atoms with Crippen LogP contribution in [0.25, 0.3) is 0 Å². The van der Waals surface area contributed by atoms with Gasteiger partial charge in [-0.05, 0) is 61.6 Å². The molecule has 8 heteroatoms. The fraction of sp³-hybridized carbons (Fsp3) is 0.345. The molecule has 0 saturated carbocycles. The number of furan rings is 1. The van der Waals surface area contributed by atoms with Gasteiger partial charge >= 0.3 is 0 Å². The monoisotopic (exact) mass is 523 g/mol. The van der Waals surface area contributed by atoms with Crippen LogP contribution < -0.4 is 10.6 Å². The summed E-state index contributed by atoms with van der Waals surface area (Å²) in [6.45, 7) is 9.58. The summed E-state index contributed by atoms with van der Waals surface area (Å²) in [6, 6.07) is 17.0. The minimum Gasteiger partial charge on any atom is -0.459 e. The fourth-order valence-electron chi connectivity index (χ4n) is 3.86. The number of benzene rings is 2. The van der Waals surface area contributed by atoms with Crippen molar-refractivity contribution in [1.82, 2.24) is 15.5 Å². The zero-order valence-electron chi connectivity index (χ0n) is 21.9. The van der Waals surface area contributed by atoms with E-state index in [0.717, 1.165) is 5.56 Å². The summed E-state index contributed by atoms with van der Waals surface area (Å²) in [6.07, 6.45) is 1.38. The van der Waals surface area contributed by atoms with Crippen LogP contribution in [0.2, 0.25) is 5.02 Å². The lowest BCUT2D eigenvalue weighted by molar-refractivity contribution is -0.141. The lowest BCUT2D eigenvalue weighted by Crippen LogP contribution is -2.50. The molecule has 1 heterocycles. The van der Waals surface area contributed by atoms with Gasteiger partial charge in [-0.2, -0.15) is 0 Å². The third-order valence-corrected chi connectivity index (χ3v) is 6.11. The third kappa shape index (κ3) is 7.70. The van der Waals surface area contributed by atoms with E-state index in [0.29, 0.717) is 22.1 Å². The maximum atomic E-state index is 13.7. The molecule has 0 radical (unpaired) electrons. The van der Waals surface area contributed by atoms with Gasteiger partial charge in [0.25, 0.3) is 5.91 Å². The highest BCUT2D eigenvalue weighted by atomic mass is 35.5. The van der Waals surface area contributed by atoms with Crippen LogP contribution in [0.3, 0.4) is 0 Å². The van der Waals surface area contributed by atoms with Crippen LogP contribution in [-0.2, 0) is 16.1 Å². The predicted octanol–water partition coefficient (Wildman–Crippen LogP) is 5.47. The highest BCUT2D eigenvalue weighted by molar-refractivity contribution is 6.31.